The molecule has 0 bridgehead atoms. The molecule has 2 aliphatic heterocycles. The Balaban J connectivity index is 1.56. The highest BCUT2D eigenvalue weighted by atomic mass is 16.8. The molecule has 0 radical (unpaired) electrons. The summed E-state index contributed by atoms with van der Waals surface area (Å²) in [5.74, 6) is 5.06. The topological polar surface area (TPSA) is 80.1 Å². The van der Waals surface area contributed by atoms with Gasteiger partial charge < -0.3 is 18.9 Å². The van der Waals surface area contributed by atoms with E-state index in [1.54, 1.807) is 18.2 Å². The van der Waals surface area contributed by atoms with Crippen LogP contribution in [0.2, 0.25) is 0 Å². The molecule has 4 rings (SSSR count). The smallest absolute Gasteiger partial charge is 0.284 e. The summed E-state index contributed by atoms with van der Waals surface area (Å²) >= 11 is 0. The van der Waals surface area contributed by atoms with Crippen molar-refractivity contribution in [2.24, 2.45) is 0 Å². The lowest BCUT2D eigenvalue weighted by Gasteiger charge is -2.23. The lowest BCUT2D eigenvalue weighted by molar-refractivity contribution is -0.385. The highest BCUT2D eigenvalue weighted by Crippen LogP contribution is 2.39. The molecular weight excluding hydrogens is 374 g/mol. The highest BCUT2D eigenvalue weighted by Gasteiger charge is 2.55. The second kappa shape index (κ2) is 7.93. The molecule has 2 fully saturated rings. The third-order valence-corrected chi connectivity index (χ3v) is 4.73. The van der Waals surface area contributed by atoms with Gasteiger partial charge in [0, 0.05) is 6.07 Å². The fourth-order valence-electron chi connectivity index (χ4n) is 3.43. The molecule has 0 saturated carbocycles. The van der Waals surface area contributed by atoms with Crippen molar-refractivity contribution in [1.29, 1.82) is 0 Å². The van der Waals surface area contributed by atoms with E-state index in [1.807, 2.05) is 44.2 Å². The molecule has 2 aromatic rings. The van der Waals surface area contributed by atoms with Crippen molar-refractivity contribution < 1.29 is 23.9 Å². The highest BCUT2D eigenvalue weighted by molar-refractivity contribution is 5.51. The molecule has 2 aromatic carbocycles. The average Bonchev–Trinajstić information content (AvgIpc) is 3.16. The van der Waals surface area contributed by atoms with Crippen LogP contribution in [0.4, 0.5) is 5.69 Å². The van der Waals surface area contributed by atoms with E-state index in [0.717, 1.165) is 5.56 Å². The largest absolute Gasteiger partial charge is 0.367 e. The maximum atomic E-state index is 11.2. The van der Waals surface area contributed by atoms with E-state index in [2.05, 4.69) is 11.8 Å². The maximum Gasteiger partial charge on any atom is 0.284 e. The van der Waals surface area contributed by atoms with Gasteiger partial charge in [-0.3, -0.25) is 10.1 Å². The minimum absolute atomic E-state index is 0.0476. The Morgan fingerprint density at radius 2 is 1.83 bits per heavy atom. The summed E-state index contributed by atoms with van der Waals surface area (Å²) in [5.41, 5.74) is 1.29. The van der Waals surface area contributed by atoms with E-state index in [9.17, 15) is 10.1 Å². The Morgan fingerprint density at radius 1 is 1.10 bits per heavy atom. The van der Waals surface area contributed by atoms with Gasteiger partial charge in [0.15, 0.2) is 18.2 Å². The van der Waals surface area contributed by atoms with Crippen LogP contribution in [0.5, 0.6) is 0 Å². The van der Waals surface area contributed by atoms with Gasteiger partial charge >= 0.3 is 0 Å². The summed E-state index contributed by atoms with van der Waals surface area (Å²) < 4.78 is 23.8. The molecule has 0 spiro atoms. The van der Waals surface area contributed by atoms with Gasteiger partial charge in [-0.15, -0.1) is 0 Å². The van der Waals surface area contributed by atoms with Crippen LogP contribution in [-0.2, 0) is 25.6 Å². The molecule has 2 aliphatic rings. The van der Waals surface area contributed by atoms with Crippen LogP contribution < -0.4 is 0 Å². The molecular formula is C22H21NO6. The van der Waals surface area contributed by atoms with E-state index in [4.69, 9.17) is 18.9 Å². The standard InChI is InChI=1S/C22H21NO6/c1-22(2)28-20-19(26-14-15-8-4-3-5-9-15)18(27-21(20)29-22)13-12-16-10-6-7-11-17(16)23(24)25/h3-11,18-21H,14H2,1-2H3/t18-,19+,20-,21-/m1/s1. The number of rotatable bonds is 4. The number of fused-ring (bicyclic) bond motifs is 1. The molecule has 7 heteroatoms. The molecule has 0 aliphatic carbocycles. The zero-order valence-electron chi connectivity index (χ0n) is 16.1. The Morgan fingerprint density at radius 3 is 2.59 bits per heavy atom. The monoisotopic (exact) mass is 395 g/mol. The molecule has 0 amide bonds. The van der Waals surface area contributed by atoms with Gasteiger partial charge in [0.2, 0.25) is 0 Å². The summed E-state index contributed by atoms with van der Waals surface area (Å²) in [6.07, 6.45) is -2.16. The third kappa shape index (κ3) is 4.31. The number of benzene rings is 2. The van der Waals surface area contributed by atoms with Crippen LogP contribution in [0.15, 0.2) is 54.6 Å². The summed E-state index contributed by atoms with van der Waals surface area (Å²) in [4.78, 5) is 10.8. The van der Waals surface area contributed by atoms with Gasteiger partial charge in [-0.2, -0.15) is 0 Å². The first kappa shape index (κ1) is 19.6. The second-order valence-electron chi connectivity index (χ2n) is 7.33. The average molecular weight is 395 g/mol. The quantitative estimate of drug-likeness (QED) is 0.448. The summed E-state index contributed by atoms with van der Waals surface area (Å²) in [7, 11) is 0. The Labute approximate surface area is 168 Å². The summed E-state index contributed by atoms with van der Waals surface area (Å²) in [6.45, 7) is 4.00. The van der Waals surface area contributed by atoms with Gasteiger partial charge in [0.05, 0.1) is 11.5 Å². The number of nitro groups is 1. The Kier molecular flexibility index (Phi) is 5.35. The number of para-hydroxylation sites is 1. The lowest BCUT2D eigenvalue weighted by Crippen LogP contribution is -2.36. The number of nitro benzene ring substituents is 1. The summed E-state index contributed by atoms with van der Waals surface area (Å²) in [5, 5.41) is 11.2. The molecule has 0 unspecified atom stereocenters. The summed E-state index contributed by atoms with van der Waals surface area (Å²) in [6, 6.07) is 16.1. The SMILES string of the molecule is CC1(C)O[C@H]2O[C@H](C#Cc3ccccc3[N+](=O)[O-])[C@H](OCc3ccccc3)[C@H]2O1. The number of hydrogen-bond acceptors (Lipinski definition) is 6. The van der Waals surface area contributed by atoms with E-state index >= 15 is 0 Å². The molecule has 2 heterocycles. The van der Waals surface area contributed by atoms with Gasteiger partial charge in [-0.05, 0) is 25.5 Å². The van der Waals surface area contributed by atoms with Crippen LogP contribution in [0.25, 0.3) is 0 Å². The minimum atomic E-state index is -0.777. The van der Waals surface area contributed by atoms with Crippen molar-refractivity contribution in [3.05, 3.63) is 75.8 Å². The molecule has 29 heavy (non-hydrogen) atoms. The van der Waals surface area contributed by atoms with Crippen molar-refractivity contribution in [2.75, 3.05) is 0 Å². The fraction of sp³-hybridized carbons (Fsp3) is 0.364. The second-order valence-corrected chi connectivity index (χ2v) is 7.33. The normalized spacial score (nSPS) is 27.1. The van der Waals surface area contributed by atoms with Crippen molar-refractivity contribution in [3.8, 4) is 11.8 Å². The van der Waals surface area contributed by atoms with Gasteiger partial charge in [-0.1, -0.05) is 54.3 Å². The van der Waals surface area contributed by atoms with Gasteiger partial charge in [0.1, 0.15) is 17.8 Å². The van der Waals surface area contributed by atoms with Crippen molar-refractivity contribution in [3.63, 3.8) is 0 Å². The van der Waals surface area contributed by atoms with E-state index < -0.39 is 35.3 Å². The van der Waals surface area contributed by atoms with Crippen LogP contribution >= 0.6 is 0 Å². The van der Waals surface area contributed by atoms with Crippen molar-refractivity contribution in [1.82, 2.24) is 0 Å². The number of nitrogens with zero attached hydrogens (tertiary/aromatic N) is 1. The van der Waals surface area contributed by atoms with E-state index in [0.29, 0.717) is 12.2 Å². The maximum absolute atomic E-state index is 11.2. The predicted molar refractivity (Wildman–Crippen MR) is 104 cm³/mol. The van der Waals surface area contributed by atoms with Crippen molar-refractivity contribution >= 4 is 5.69 Å². The zero-order valence-corrected chi connectivity index (χ0v) is 16.1. The predicted octanol–water partition coefficient (Wildman–Crippen LogP) is 3.41. The van der Waals surface area contributed by atoms with Crippen LogP contribution in [0, 0.1) is 22.0 Å². The molecule has 7 nitrogen and oxygen atoms in total. The van der Waals surface area contributed by atoms with Gasteiger partial charge in [-0.25, -0.2) is 0 Å². The molecule has 0 aromatic heterocycles. The minimum Gasteiger partial charge on any atom is -0.367 e. The first-order valence-corrected chi connectivity index (χ1v) is 9.34. The van der Waals surface area contributed by atoms with Crippen LogP contribution in [0.3, 0.4) is 0 Å². The van der Waals surface area contributed by atoms with Gasteiger partial charge in [0.25, 0.3) is 5.69 Å². The fourth-order valence-corrected chi connectivity index (χ4v) is 3.43. The Bertz CT molecular complexity index is 949. The van der Waals surface area contributed by atoms with Crippen LogP contribution in [-0.4, -0.2) is 35.3 Å². The lowest BCUT2D eigenvalue weighted by atomic mass is 10.1. The van der Waals surface area contributed by atoms with E-state index in [1.165, 1.54) is 6.07 Å². The van der Waals surface area contributed by atoms with Crippen molar-refractivity contribution in [2.45, 2.75) is 50.8 Å². The number of ether oxygens (including phenoxy) is 4. The zero-order chi connectivity index (χ0) is 20.4. The molecule has 150 valence electrons. The number of hydrogen-bond donors (Lipinski definition) is 0. The Hall–Kier alpha value is -2.76. The van der Waals surface area contributed by atoms with Crippen LogP contribution in [0.1, 0.15) is 25.0 Å². The third-order valence-electron chi connectivity index (χ3n) is 4.73. The van der Waals surface area contributed by atoms with E-state index in [-0.39, 0.29) is 5.69 Å². The first-order chi connectivity index (χ1) is 13.9. The molecule has 0 N–H and O–H groups in total. The molecule has 4 atom stereocenters. The first-order valence-electron chi connectivity index (χ1n) is 9.34. The molecule has 2 saturated heterocycles.